The molecule has 0 aromatic heterocycles. The van der Waals surface area contributed by atoms with Crippen molar-refractivity contribution in [3.63, 3.8) is 0 Å². The van der Waals surface area contributed by atoms with Crippen molar-refractivity contribution in [3.05, 3.63) is 54.1 Å². The van der Waals surface area contributed by atoms with Crippen LogP contribution in [0, 0.1) is 0 Å². The lowest BCUT2D eigenvalue weighted by Crippen LogP contribution is -2.28. The van der Waals surface area contributed by atoms with Gasteiger partial charge in [0.05, 0.1) is 0 Å². The molecule has 0 radical (unpaired) electrons. The third kappa shape index (κ3) is 4.96. The van der Waals surface area contributed by atoms with E-state index in [-0.39, 0.29) is 13.3 Å². The van der Waals surface area contributed by atoms with Crippen LogP contribution in [0.25, 0.3) is 11.1 Å². The monoisotopic (exact) mass is 406 g/mol. The van der Waals surface area contributed by atoms with Gasteiger partial charge in [-0.1, -0.05) is 116 Å². The van der Waals surface area contributed by atoms with E-state index in [0.29, 0.717) is 0 Å². The lowest BCUT2D eigenvalue weighted by atomic mass is 9.86. The molecule has 1 heteroatoms. The predicted octanol–water partition coefficient (Wildman–Crippen LogP) is 8.42. The van der Waals surface area contributed by atoms with Crippen LogP contribution in [0.1, 0.15) is 90.5 Å². The first-order valence-corrected chi connectivity index (χ1v) is 13.5. The molecular formula is C28H39P. The Morgan fingerprint density at radius 3 is 1.76 bits per heavy atom. The van der Waals surface area contributed by atoms with Crippen molar-refractivity contribution >= 4 is 13.2 Å². The van der Waals surface area contributed by atoms with E-state index in [2.05, 4.69) is 69.3 Å². The fraction of sp³-hybridized carbons (Fsp3) is 0.571. The molecule has 2 fully saturated rings. The summed E-state index contributed by atoms with van der Waals surface area (Å²) in [4.78, 5) is 0. The molecule has 0 heterocycles. The molecule has 156 valence electrons. The van der Waals surface area contributed by atoms with Crippen LogP contribution < -0.4 is 5.30 Å². The standard InChI is InChI=1S/C28H39P/c1-28(2,3)23-19-20-26(22-13-7-4-8-14-22)27(21-23)29(24-15-9-5-10-16-24)25-17-11-6-12-18-25/h4,7-8,13-14,19-21,24-25H,5-6,9-12,15-18H2,1-3H3. The van der Waals surface area contributed by atoms with Crippen LogP contribution in [0.3, 0.4) is 0 Å². The van der Waals surface area contributed by atoms with Gasteiger partial charge in [-0.05, 0) is 64.4 Å². The van der Waals surface area contributed by atoms with Crippen LogP contribution in [-0.4, -0.2) is 11.3 Å². The second-order valence-electron chi connectivity index (χ2n) is 10.3. The minimum absolute atomic E-state index is 0.0999. The minimum atomic E-state index is -0.0999. The average molecular weight is 407 g/mol. The minimum Gasteiger partial charge on any atom is -0.0683 e. The highest BCUT2D eigenvalue weighted by Crippen LogP contribution is 2.56. The van der Waals surface area contributed by atoms with Crippen molar-refractivity contribution in [2.45, 2.75) is 102 Å². The molecule has 2 aromatic carbocycles. The number of benzene rings is 2. The van der Waals surface area contributed by atoms with Crippen LogP contribution in [0.2, 0.25) is 0 Å². The van der Waals surface area contributed by atoms with Gasteiger partial charge >= 0.3 is 0 Å². The first-order chi connectivity index (χ1) is 14.0. The summed E-state index contributed by atoms with van der Waals surface area (Å²) in [5.74, 6) is 0. The average Bonchev–Trinajstić information content (AvgIpc) is 2.75. The summed E-state index contributed by atoms with van der Waals surface area (Å²) in [7, 11) is -0.0999. The quantitative estimate of drug-likeness (QED) is 0.447. The van der Waals surface area contributed by atoms with Crippen molar-refractivity contribution in [2.24, 2.45) is 0 Å². The molecule has 0 amide bonds. The zero-order chi connectivity index (χ0) is 20.3. The van der Waals surface area contributed by atoms with Crippen LogP contribution in [0.4, 0.5) is 0 Å². The lowest BCUT2D eigenvalue weighted by molar-refractivity contribution is 0.487. The lowest BCUT2D eigenvalue weighted by Gasteiger charge is -2.40. The smallest absolute Gasteiger partial charge is 0.0107 e. The molecule has 2 aliphatic rings. The zero-order valence-corrected chi connectivity index (χ0v) is 19.7. The van der Waals surface area contributed by atoms with E-state index in [0.717, 1.165) is 11.3 Å². The Bertz CT molecular complexity index is 756. The van der Waals surface area contributed by atoms with Crippen LogP contribution >= 0.6 is 7.92 Å². The van der Waals surface area contributed by atoms with Crippen molar-refractivity contribution in [3.8, 4) is 11.1 Å². The van der Waals surface area contributed by atoms with E-state index in [9.17, 15) is 0 Å². The summed E-state index contributed by atoms with van der Waals surface area (Å²) in [6, 6.07) is 18.7. The van der Waals surface area contributed by atoms with Gasteiger partial charge in [0.15, 0.2) is 0 Å². The van der Waals surface area contributed by atoms with E-state index >= 15 is 0 Å². The Labute approximate surface area is 180 Å². The van der Waals surface area contributed by atoms with Crippen LogP contribution in [-0.2, 0) is 5.41 Å². The molecule has 29 heavy (non-hydrogen) atoms. The molecule has 0 N–H and O–H groups in total. The highest BCUT2D eigenvalue weighted by molar-refractivity contribution is 7.67. The molecular weight excluding hydrogens is 367 g/mol. The van der Waals surface area contributed by atoms with Gasteiger partial charge in [-0.3, -0.25) is 0 Å². The molecule has 2 aromatic rings. The summed E-state index contributed by atoms with van der Waals surface area (Å²) in [6.45, 7) is 7.12. The number of hydrogen-bond donors (Lipinski definition) is 0. The molecule has 0 nitrogen and oxygen atoms in total. The third-order valence-electron chi connectivity index (χ3n) is 7.16. The Kier molecular flexibility index (Phi) is 6.80. The van der Waals surface area contributed by atoms with E-state index in [4.69, 9.17) is 0 Å². The molecule has 2 saturated carbocycles. The molecule has 4 rings (SSSR count). The fourth-order valence-corrected chi connectivity index (χ4v) is 9.48. The van der Waals surface area contributed by atoms with Gasteiger partial charge in [-0.25, -0.2) is 0 Å². The Hall–Kier alpha value is -1.13. The molecule has 0 spiro atoms. The number of hydrogen-bond acceptors (Lipinski definition) is 0. The zero-order valence-electron chi connectivity index (χ0n) is 18.8. The Morgan fingerprint density at radius 1 is 0.690 bits per heavy atom. The van der Waals surface area contributed by atoms with Gasteiger partial charge in [0.25, 0.3) is 0 Å². The normalized spacial score (nSPS) is 19.6. The van der Waals surface area contributed by atoms with E-state index in [1.807, 2.05) is 0 Å². The van der Waals surface area contributed by atoms with E-state index < -0.39 is 0 Å². The van der Waals surface area contributed by atoms with Gasteiger partial charge in [-0.2, -0.15) is 0 Å². The Balaban J connectivity index is 1.84. The fourth-order valence-electron chi connectivity index (χ4n) is 5.48. The van der Waals surface area contributed by atoms with Gasteiger partial charge in [0.2, 0.25) is 0 Å². The summed E-state index contributed by atoms with van der Waals surface area (Å²) < 4.78 is 0. The van der Waals surface area contributed by atoms with E-state index in [1.165, 1.54) is 80.9 Å². The third-order valence-corrected chi connectivity index (χ3v) is 10.7. The van der Waals surface area contributed by atoms with Gasteiger partial charge in [0.1, 0.15) is 0 Å². The molecule has 0 atom stereocenters. The van der Waals surface area contributed by atoms with Crippen molar-refractivity contribution in [1.82, 2.24) is 0 Å². The van der Waals surface area contributed by atoms with Gasteiger partial charge < -0.3 is 0 Å². The molecule has 0 unspecified atom stereocenters. The molecule has 2 aliphatic carbocycles. The van der Waals surface area contributed by atoms with Gasteiger partial charge in [0, 0.05) is 0 Å². The second kappa shape index (κ2) is 9.34. The van der Waals surface area contributed by atoms with E-state index in [1.54, 1.807) is 5.30 Å². The first kappa shape index (κ1) is 21.1. The summed E-state index contributed by atoms with van der Waals surface area (Å²) in [5, 5.41) is 1.73. The highest BCUT2D eigenvalue weighted by atomic mass is 31.1. The highest BCUT2D eigenvalue weighted by Gasteiger charge is 2.34. The Morgan fingerprint density at radius 2 is 1.24 bits per heavy atom. The van der Waals surface area contributed by atoms with Crippen LogP contribution in [0.5, 0.6) is 0 Å². The number of rotatable bonds is 4. The van der Waals surface area contributed by atoms with Crippen molar-refractivity contribution in [1.29, 1.82) is 0 Å². The van der Waals surface area contributed by atoms with Gasteiger partial charge in [-0.15, -0.1) is 0 Å². The van der Waals surface area contributed by atoms with Crippen molar-refractivity contribution in [2.75, 3.05) is 0 Å². The molecule has 0 aliphatic heterocycles. The topological polar surface area (TPSA) is 0 Å². The maximum atomic E-state index is 2.65. The summed E-state index contributed by atoms with van der Waals surface area (Å²) >= 11 is 0. The van der Waals surface area contributed by atoms with Crippen molar-refractivity contribution < 1.29 is 0 Å². The SMILES string of the molecule is CC(C)(C)c1ccc(-c2ccccc2)c(P(C2CCCCC2)C2CCCCC2)c1. The summed E-state index contributed by atoms with van der Waals surface area (Å²) in [5.41, 5.74) is 6.57. The second-order valence-corrected chi connectivity index (χ2v) is 13.1. The summed E-state index contributed by atoms with van der Waals surface area (Å²) in [6.07, 6.45) is 14.6. The molecule has 0 bridgehead atoms. The first-order valence-electron chi connectivity index (χ1n) is 12.0. The maximum Gasteiger partial charge on any atom is -0.0107 e. The largest absolute Gasteiger partial charge is 0.0683 e. The maximum absolute atomic E-state index is 2.65. The van der Waals surface area contributed by atoms with Crippen LogP contribution in [0.15, 0.2) is 48.5 Å². The molecule has 0 saturated heterocycles. The predicted molar refractivity (Wildman–Crippen MR) is 131 cm³/mol.